The van der Waals surface area contributed by atoms with Crippen LogP contribution in [0.15, 0.2) is 115 Å². The molecule has 0 saturated carbocycles. The minimum absolute atomic E-state index is 0.0600. The molecule has 0 N–H and O–H groups in total. The lowest BCUT2D eigenvalue weighted by Gasteiger charge is -2.34. The van der Waals surface area contributed by atoms with Crippen LogP contribution < -0.4 is 10.9 Å². The molecule has 0 amide bonds. The molecule has 194 valence electrons. The van der Waals surface area contributed by atoms with Gasteiger partial charge in [-0.1, -0.05) is 111 Å². The number of rotatable bonds is 0. The van der Waals surface area contributed by atoms with Gasteiger partial charge in [0.2, 0.25) is 0 Å². The number of benzene rings is 6. The maximum absolute atomic E-state index is 2.67. The van der Waals surface area contributed by atoms with Crippen LogP contribution in [0.1, 0.15) is 25.0 Å². The Morgan fingerprint density at radius 1 is 0.524 bits per heavy atom. The van der Waals surface area contributed by atoms with E-state index in [2.05, 4.69) is 138 Å². The Kier molecular flexibility index (Phi) is 3.56. The summed E-state index contributed by atoms with van der Waals surface area (Å²) in [5.41, 5.74) is 17.7. The highest BCUT2D eigenvalue weighted by atomic mass is 15.0. The molecule has 2 aromatic heterocycles. The quantitative estimate of drug-likeness (QED) is 0.175. The zero-order valence-electron chi connectivity index (χ0n) is 23.4. The SMILES string of the molecule is CC1(C)c2ccccc2-c2cc3c(cc21)B1c2c(ccc4c5ccccc5n-3c24)-c2cccc3c4ccccc4n1c23. The van der Waals surface area contributed by atoms with Crippen molar-refractivity contribution in [3.8, 4) is 27.9 Å². The highest BCUT2D eigenvalue weighted by Crippen LogP contribution is 2.50. The lowest BCUT2D eigenvalue weighted by Crippen LogP contribution is -2.55. The second-order valence-corrected chi connectivity index (χ2v) is 12.9. The smallest absolute Gasteiger partial charge is 0.333 e. The third kappa shape index (κ3) is 2.22. The molecule has 0 saturated heterocycles. The summed E-state index contributed by atoms with van der Waals surface area (Å²) >= 11 is 0. The molecule has 1 aliphatic carbocycles. The number of nitrogens with zero attached hydrogens (tertiary/aromatic N) is 2. The second kappa shape index (κ2) is 6.88. The summed E-state index contributed by atoms with van der Waals surface area (Å²) in [5.74, 6) is 0. The number of aromatic nitrogens is 2. The van der Waals surface area contributed by atoms with Crippen LogP contribution in [0.4, 0.5) is 0 Å². The van der Waals surface area contributed by atoms with Crippen LogP contribution in [0.3, 0.4) is 0 Å². The van der Waals surface area contributed by atoms with Crippen molar-refractivity contribution in [2.24, 2.45) is 0 Å². The normalized spacial score (nSPS) is 15.0. The molecule has 0 radical (unpaired) electrons. The Bertz CT molecular complexity index is 2560. The van der Waals surface area contributed by atoms with Crippen molar-refractivity contribution in [2.45, 2.75) is 19.3 Å². The highest BCUT2D eigenvalue weighted by Gasteiger charge is 2.44. The average Bonchev–Trinajstić information content (AvgIpc) is 3.62. The Morgan fingerprint density at radius 2 is 1.21 bits per heavy atom. The van der Waals surface area contributed by atoms with Crippen molar-refractivity contribution < 1.29 is 0 Å². The molecule has 8 aromatic rings. The third-order valence-electron chi connectivity index (χ3n) is 10.7. The topological polar surface area (TPSA) is 9.86 Å². The van der Waals surface area contributed by atoms with Crippen molar-refractivity contribution in [3.05, 3.63) is 126 Å². The number of fused-ring (bicyclic) bond motifs is 14. The molecule has 42 heavy (non-hydrogen) atoms. The van der Waals surface area contributed by atoms with Crippen molar-refractivity contribution in [3.63, 3.8) is 0 Å². The van der Waals surface area contributed by atoms with Gasteiger partial charge >= 0.3 is 6.85 Å². The molecular formula is C39H25BN2. The summed E-state index contributed by atoms with van der Waals surface area (Å²) in [4.78, 5) is 0. The van der Waals surface area contributed by atoms with Gasteiger partial charge in [0, 0.05) is 49.2 Å². The van der Waals surface area contributed by atoms with Gasteiger partial charge in [0.25, 0.3) is 0 Å². The van der Waals surface area contributed by atoms with E-state index in [-0.39, 0.29) is 12.3 Å². The van der Waals surface area contributed by atoms with Gasteiger partial charge in [-0.15, -0.1) is 0 Å². The second-order valence-electron chi connectivity index (χ2n) is 12.9. The summed E-state index contributed by atoms with van der Waals surface area (Å²) in [6.07, 6.45) is 0. The van der Waals surface area contributed by atoms with Crippen LogP contribution in [0.2, 0.25) is 0 Å². The standard InChI is InChI=1S/C39H25BN2/c1-39(2)30-15-6-3-10-22(30)29-20-35-32(21-31(29)39)40-36-25(18-19-28-23-11-4-7-16-33(23)41(35)38(28)36)27-14-9-13-26-24-12-5-8-17-34(24)42(40)37(26)27/h3-21H,1-2H3. The van der Waals surface area contributed by atoms with E-state index >= 15 is 0 Å². The molecular weight excluding hydrogens is 507 g/mol. The zero-order valence-corrected chi connectivity index (χ0v) is 23.4. The molecule has 3 aliphatic rings. The molecule has 11 rings (SSSR count). The number of hydrogen-bond acceptors (Lipinski definition) is 0. The lowest BCUT2D eigenvalue weighted by molar-refractivity contribution is 0.661. The largest absolute Gasteiger partial charge is 0.375 e. The predicted octanol–water partition coefficient (Wildman–Crippen LogP) is 8.15. The molecule has 0 unspecified atom stereocenters. The minimum Gasteiger partial charge on any atom is -0.375 e. The van der Waals surface area contributed by atoms with Gasteiger partial charge in [0.05, 0.1) is 11.0 Å². The van der Waals surface area contributed by atoms with E-state index in [0.29, 0.717) is 0 Å². The monoisotopic (exact) mass is 532 g/mol. The van der Waals surface area contributed by atoms with E-state index in [1.165, 1.54) is 93.6 Å². The molecule has 4 heterocycles. The first-order chi connectivity index (χ1) is 20.6. The van der Waals surface area contributed by atoms with Crippen molar-refractivity contribution in [1.82, 2.24) is 9.05 Å². The summed E-state index contributed by atoms with van der Waals surface area (Å²) in [5, 5.41) is 5.34. The molecule has 0 spiro atoms. The maximum atomic E-state index is 2.67. The molecule has 0 atom stereocenters. The van der Waals surface area contributed by atoms with E-state index in [4.69, 9.17) is 0 Å². The van der Waals surface area contributed by atoms with Gasteiger partial charge in [-0.3, -0.25) is 0 Å². The van der Waals surface area contributed by atoms with Gasteiger partial charge in [0.15, 0.2) is 0 Å². The summed E-state index contributed by atoms with van der Waals surface area (Å²) in [6.45, 7) is 4.89. The van der Waals surface area contributed by atoms with Crippen molar-refractivity contribution >= 4 is 61.4 Å². The summed E-state index contributed by atoms with van der Waals surface area (Å²) in [6, 6.07) is 43.7. The van der Waals surface area contributed by atoms with Crippen LogP contribution in [0.5, 0.6) is 0 Å². The number of hydrogen-bond donors (Lipinski definition) is 0. The zero-order chi connectivity index (χ0) is 27.5. The van der Waals surface area contributed by atoms with E-state index < -0.39 is 0 Å². The molecule has 2 aliphatic heterocycles. The van der Waals surface area contributed by atoms with Crippen LogP contribution >= 0.6 is 0 Å². The number of para-hydroxylation sites is 3. The maximum Gasteiger partial charge on any atom is 0.333 e. The van der Waals surface area contributed by atoms with Crippen molar-refractivity contribution in [2.75, 3.05) is 0 Å². The van der Waals surface area contributed by atoms with Crippen LogP contribution in [0, 0.1) is 0 Å². The molecule has 6 aromatic carbocycles. The molecule has 0 fully saturated rings. The minimum atomic E-state index is -0.0600. The van der Waals surface area contributed by atoms with E-state index in [1.807, 2.05) is 0 Å². The third-order valence-corrected chi connectivity index (χ3v) is 10.7. The van der Waals surface area contributed by atoms with Gasteiger partial charge in [0.1, 0.15) is 0 Å². The molecule has 3 heteroatoms. The fourth-order valence-corrected chi connectivity index (χ4v) is 8.97. The van der Waals surface area contributed by atoms with Gasteiger partial charge in [-0.25, -0.2) is 0 Å². The fraction of sp³-hybridized carbons (Fsp3) is 0.0769. The van der Waals surface area contributed by atoms with E-state index in [0.717, 1.165) is 0 Å². The highest BCUT2D eigenvalue weighted by molar-refractivity contribution is 6.90. The van der Waals surface area contributed by atoms with Crippen molar-refractivity contribution in [1.29, 1.82) is 0 Å². The van der Waals surface area contributed by atoms with E-state index in [1.54, 1.807) is 0 Å². The first-order valence-corrected chi connectivity index (χ1v) is 15.0. The Hall–Kier alpha value is -5.02. The van der Waals surface area contributed by atoms with Gasteiger partial charge in [-0.2, -0.15) is 0 Å². The van der Waals surface area contributed by atoms with Crippen LogP contribution in [0.25, 0.3) is 71.6 Å². The first kappa shape index (κ1) is 21.7. The lowest BCUT2D eigenvalue weighted by atomic mass is 9.45. The van der Waals surface area contributed by atoms with Gasteiger partial charge < -0.3 is 9.05 Å². The van der Waals surface area contributed by atoms with Gasteiger partial charge in [-0.05, 0) is 56.9 Å². The van der Waals surface area contributed by atoms with Crippen LogP contribution in [-0.2, 0) is 5.41 Å². The van der Waals surface area contributed by atoms with E-state index in [9.17, 15) is 0 Å². The fourth-order valence-electron chi connectivity index (χ4n) is 8.97. The Balaban J connectivity index is 1.40. The Morgan fingerprint density at radius 3 is 2.10 bits per heavy atom. The first-order valence-electron chi connectivity index (χ1n) is 15.0. The van der Waals surface area contributed by atoms with Crippen LogP contribution in [-0.4, -0.2) is 15.9 Å². The predicted molar refractivity (Wildman–Crippen MR) is 177 cm³/mol. The summed E-state index contributed by atoms with van der Waals surface area (Å²) < 4.78 is 5.25. The Labute approximate surface area is 243 Å². The summed E-state index contributed by atoms with van der Waals surface area (Å²) in [7, 11) is 0. The molecule has 0 bridgehead atoms. The molecule has 2 nitrogen and oxygen atoms in total. The average molecular weight is 532 g/mol.